The number of anilines is 2. The van der Waals surface area contributed by atoms with E-state index in [1.165, 1.54) is 7.11 Å². The minimum Gasteiger partial charge on any atom is -0.494 e. The van der Waals surface area contributed by atoms with Gasteiger partial charge in [-0.15, -0.1) is 0 Å². The van der Waals surface area contributed by atoms with Crippen molar-refractivity contribution in [3.63, 3.8) is 0 Å². The molecule has 1 aromatic rings. The second-order valence-corrected chi connectivity index (χ2v) is 7.24. The molecule has 118 valence electrons. The molecule has 1 amide bonds. The van der Waals surface area contributed by atoms with E-state index in [9.17, 15) is 9.00 Å². The first-order chi connectivity index (χ1) is 9.85. The Bertz CT molecular complexity index is 518. The summed E-state index contributed by atoms with van der Waals surface area (Å²) in [5, 5.41) is 2.18. The van der Waals surface area contributed by atoms with Gasteiger partial charge in [0.2, 0.25) is 5.91 Å². The SMILES string of the molecule is COc1cc(N)ccc1NC(=O)C(C)S(=O)CCC(C)C. The molecular weight excluding hydrogens is 288 g/mol. The van der Waals surface area contributed by atoms with Crippen LogP contribution in [0.3, 0.4) is 0 Å². The van der Waals surface area contributed by atoms with Crippen LogP contribution < -0.4 is 15.8 Å². The van der Waals surface area contributed by atoms with Crippen LogP contribution in [0.5, 0.6) is 5.75 Å². The minimum atomic E-state index is -1.18. The van der Waals surface area contributed by atoms with Gasteiger partial charge in [-0.3, -0.25) is 9.00 Å². The van der Waals surface area contributed by atoms with E-state index in [1.807, 2.05) is 0 Å². The molecule has 0 aliphatic rings. The molecule has 0 spiro atoms. The lowest BCUT2D eigenvalue weighted by Crippen LogP contribution is -2.30. The molecule has 5 nitrogen and oxygen atoms in total. The predicted octanol–water partition coefficient (Wildman–Crippen LogP) is 2.40. The highest BCUT2D eigenvalue weighted by Gasteiger charge is 2.21. The lowest BCUT2D eigenvalue weighted by atomic mass is 10.2. The number of hydrogen-bond acceptors (Lipinski definition) is 4. The molecule has 0 fully saturated rings. The number of ether oxygens (including phenoxy) is 1. The smallest absolute Gasteiger partial charge is 0.239 e. The predicted molar refractivity (Wildman–Crippen MR) is 88.0 cm³/mol. The molecule has 0 bridgehead atoms. The summed E-state index contributed by atoms with van der Waals surface area (Å²) in [5.41, 5.74) is 6.75. The molecule has 6 heteroatoms. The Balaban J connectivity index is 2.70. The molecule has 21 heavy (non-hydrogen) atoms. The number of rotatable bonds is 7. The molecule has 0 heterocycles. The summed E-state index contributed by atoms with van der Waals surface area (Å²) >= 11 is 0. The maximum Gasteiger partial charge on any atom is 0.239 e. The first kappa shape index (κ1) is 17.5. The maximum atomic E-state index is 12.2. The summed E-state index contributed by atoms with van der Waals surface area (Å²) in [5.74, 6) is 1.22. The summed E-state index contributed by atoms with van der Waals surface area (Å²) in [4.78, 5) is 12.2. The van der Waals surface area contributed by atoms with Crippen molar-refractivity contribution in [2.24, 2.45) is 5.92 Å². The Morgan fingerprint density at radius 3 is 2.62 bits per heavy atom. The molecule has 0 saturated carbocycles. The van der Waals surface area contributed by atoms with Gasteiger partial charge in [-0.05, 0) is 31.4 Å². The number of benzene rings is 1. The first-order valence-electron chi connectivity index (χ1n) is 6.96. The van der Waals surface area contributed by atoms with E-state index in [1.54, 1.807) is 25.1 Å². The normalized spacial score (nSPS) is 13.8. The Labute approximate surface area is 128 Å². The van der Waals surface area contributed by atoms with Crippen LogP contribution in [0.15, 0.2) is 18.2 Å². The number of hydrogen-bond donors (Lipinski definition) is 2. The molecule has 0 aromatic heterocycles. The maximum absolute atomic E-state index is 12.2. The Morgan fingerprint density at radius 2 is 2.05 bits per heavy atom. The largest absolute Gasteiger partial charge is 0.494 e. The van der Waals surface area contributed by atoms with Crippen molar-refractivity contribution in [3.8, 4) is 5.75 Å². The third kappa shape index (κ3) is 5.38. The van der Waals surface area contributed by atoms with Crippen LogP contribution >= 0.6 is 0 Å². The summed E-state index contributed by atoms with van der Waals surface area (Å²) in [6, 6.07) is 4.99. The van der Waals surface area contributed by atoms with Gasteiger partial charge in [-0.1, -0.05) is 13.8 Å². The van der Waals surface area contributed by atoms with Gasteiger partial charge in [0.1, 0.15) is 11.0 Å². The lowest BCUT2D eigenvalue weighted by molar-refractivity contribution is -0.115. The quantitative estimate of drug-likeness (QED) is 0.758. The standard InChI is InChI=1S/C15H24N2O3S/c1-10(2)7-8-21(19)11(3)15(18)17-13-6-5-12(16)9-14(13)20-4/h5-6,9-11H,7-8,16H2,1-4H3,(H,17,18). The zero-order valence-electron chi connectivity index (χ0n) is 13.0. The van der Waals surface area contributed by atoms with Crippen LogP contribution in [0, 0.1) is 5.92 Å². The molecule has 0 aliphatic heterocycles. The van der Waals surface area contributed by atoms with Crippen LogP contribution in [0.4, 0.5) is 11.4 Å². The highest BCUT2D eigenvalue weighted by atomic mass is 32.2. The van der Waals surface area contributed by atoms with E-state index in [-0.39, 0.29) is 5.91 Å². The molecule has 1 rings (SSSR count). The average molecular weight is 312 g/mol. The molecule has 2 unspecified atom stereocenters. The van der Waals surface area contributed by atoms with E-state index >= 15 is 0 Å². The molecule has 3 N–H and O–H groups in total. The van der Waals surface area contributed by atoms with Gasteiger partial charge in [0.05, 0.1) is 12.8 Å². The second-order valence-electron chi connectivity index (χ2n) is 5.36. The second kappa shape index (κ2) is 8.02. The lowest BCUT2D eigenvalue weighted by Gasteiger charge is -2.15. The number of nitrogens with two attached hydrogens (primary N) is 1. The van der Waals surface area contributed by atoms with Gasteiger partial charge in [-0.25, -0.2) is 0 Å². The van der Waals surface area contributed by atoms with Gasteiger partial charge in [0, 0.05) is 28.3 Å². The van der Waals surface area contributed by atoms with E-state index in [4.69, 9.17) is 10.5 Å². The number of nitrogen functional groups attached to an aromatic ring is 1. The highest BCUT2D eigenvalue weighted by molar-refractivity contribution is 7.86. The van der Waals surface area contributed by atoms with Crippen LogP contribution in [0.1, 0.15) is 27.2 Å². The van der Waals surface area contributed by atoms with Crippen LogP contribution in [0.25, 0.3) is 0 Å². The number of nitrogens with one attached hydrogen (secondary N) is 1. The first-order valence-corrected chi connectivity index (χ1v) is 8.35. The monoisotopic (exact) mass is 312 g/mol. The van der Waals surface area contributed by atoms with Gasteiger partial charge in [0.25, 0.3) is 0 Å². The van der Waals surface area contributed by atoms with Gasteiger partial charge in [0.15, 0.2) is 0 Å². The number of carbonyl (C=O) groups is 1. The van der Waals surface area contributed by atoms with Gasteiger partial charge in [-0.2, -0.15) is 0 Å². The van der Waals surface area contributed by atoms with Crippen molar-refractivity contribution >= 4 is 28.1 Å². The third-order valence-corrected chi connectivity index (χ3v) is 4.78. The van der Waals surface area contributed by atoms with Crippen molar-refractivity contribution in [2.75, 3.05) is 23.9 Å². The van der Waals surface area contributed by atoms with Crippen LogP contribution in [0.2, 0.25) is 0 Å². The Morgan fingerprint density at radius 1 is 1.38 bits per heavy atom. The van der Waals surface area contributed by atoms with Crippen molar-refractivity contribution in [1.82, 2.24) is 0 Å². The summed E-state index contributed by atoms with van der Waals surface area (Å²) in [6.07, 6.45) is 0.843. The fraction of sp³-hybridized carbons (Fsp3) is 0.533. The third-order valence-electron chi connectivity index (χ3n) is 3.14. The van der Waals surface area contributed by atoms with Crippen molar-refractivity contribution in [3.05, 3.63) is 18.2 Å². The topological polar surface area (TPSA) is 81.4 Å². The summed E-state index contributed by atoms with van der Waals surface area (Å²) < 4.78 is 17.3. The van der Waals surface area contributed by atoms with Crippen molar-refractivity contribution in [1.29, 1.82) is 0 Å². The molecule has 2 atom stereocenters. The average Bonchev–Trinajstić information content (AvgIpc) is 2.45. The molecule has 1 aromatic carbocycles. The van der Waals surface area contributed by atoms with Crippen molar-refractivity contribution in [2.45, 2.75) is 32.4 Å². The molecule has 0 saturated heterocycles. The highest BCUT2D eigenvalue weighted by Crippen LogP contribution is 2.26. The summed E-state index contributed by atoms with van der Waals surface area (Å²) in [7, 11) is 0.329. The zero-order chi connectivity index (χ0) is 16.0. The van der Waals surface area contributed by atoms with Gasteiger partial charge >= 0.3 is 0 Å². The van der Waals surface area contributed by atoms with E-state index in [0.29, 0.717) is 28.8 Å². The van der Waals surface area contributed by atoms with Crippen LogP contribution in [-0.2, 0) is 15.6 Å². The van der Waals surface area contributed by atoms with Crippen LogP contribution in [-0.4, -0.2) is 28.2 Å². The fourth-order valence-electron chi connectivity index (χ4n) is 1.69. The number of amides is 1. The minimum absolute atomic E-state index is 0.278. The van der Waals surface area contributed by atoms with E-state index in [0.717, 1.165) is 6.42 Å². The molecular formula is C15H24N2O3S. The van der Waals surface area contributed by atoms with E-state index < -0.39 is 16.0 Å². The van der Waals surface area contributed by atoms with Crippen molar-refractivity contribution < 1.29 is 13.7 Å². The Hall–Kier alpha value is -1.56. The number of carbonyl (C=O) groups excluding carboxylic acids is 1. The summed E-state index contributed by atoms with van der Waals surface area (Å²) in [6.45, 7) is 5.82. The van der Waals surface area contributed by atoms with Gasteiger partial charge < -0.3 is 15.8 Å². The number of methoxy groups -OCH3 is 1. The molecule has 0 aliphatic carbocycles. The Kier molecular flexibility index (Phi) is 6.68. The fourth-order valence-corrected chi connectivity index (χ4v) is 3.05. The molecule has 0 radical (unpaired) electrons. The zero-order valence-corrected chi connectivity index (χ0v) is 13.8. The van der Waals surface area contributed by atoms with E-state index in [2.05, 4.69) is 19.2 Å².